The van der Waals surface area contributed by atoms with Crippen molar-refractivity contribution in [2.45, 2.75) is 27.7 Å². The summed E-state index contributed by atoms with van der Waals surface area (Å²) < 4.78 is 0. The Morgan fingerprint density at radius 2 is 2.08 bits per heavy atom. The van der Waals surface area contributed by atoms with E-state index in [0.29, 0.717) is 5.92 Å². The molecule has 1 aromatic rings. The maximum absolute atomic E-state index is 4.37. The first kappa shape index (κ1) is 9.96. The summed E-state index contributed by atoms with van der Waals surface area (Å²) in [7, 11) is 0. The number of hydrogen-bond acceptors (Lipinski definition) is 3. The van der Waals surface area contributed by atoms with Crippen molar-refractivity contribution in [2.24, 2.45) is 5.92 Å². The standard InChI is InChI=1S/C10H17N3/c1-7(2)5-12-10-9(4)11-6-8(3)13-10/h6-7H,5H2,1-4H3,(H,12,13). The van der Waals surface area contributed by atoms with Crippen LogP contribution in [0.15, 0.2) is 6.20 Å². The van der Waals surface area contributed by atoms with Gasteiger partial charge in [-0.3, -0.25) is 4.98 Å². The molecular weight excluding hydrogens is 162 g/mol. The fourth-order valence-corrected chi connectivity index (χ4v) is 1.01. The van der Waals surface area contributed by atoms with Gasteiger partial charge in [0.2, 0.25) is 0 Å². The summed E-state index contributed by atoms with van der Waals surface area (Å²) in [4.78, 5) is 8.60. The largest absolute Gasteiger partial charge is 0.368 e. The molecule has 0 aromatic carbocycles. The highest BCUT2D eigenvalue weighted by molar-refractivity contribution is 5.39. The highest BCUT2D eigenvalue weighted by atomic mass is 15.0. The Balaban J connectivity index is 2.70. The molecule has 0 saturated heterocycles. The third kappa shape index (κ3) is 3.01. The van der Waals surface area contributed by atoms with Crippen molar-refractivity contribution in [1.82, 2.24) is 9.97 Å². The van der Waals surface area contributed by atoms with Gasteiger partial charge in [-0.2, -0.15) is 0 Å². The molecule has 0 saturated carbocycles. The molecule has 0 fully saturated rings. The zero-order valence-electron chi connectivity index (χ0n) is 8.76. The molecule has 0 amide bonds. The molecule has 1 N–H and O–H groups in total. The first-order valence-corrected chi connectivity index (χ1v) is 4.63. The average molecular weight is 179 g/mol. The lowest BCUT2D eigenvalue weighted by atomic mass is 10.2. The van der Waals surface area contributed by atoms with E-state index in [0.717, 1.165) is 23.8 Å². The molecule has 0 radical (unpaired) electrons. The van der Waals surface area contributed by atoms with E-state index >= 15 is 0 Å². The second kappa shape index (κ2) is 4.21. The SMILES string of the molecule is Cc1cnc(C)c(NCC(C)C)n1. The van der Waals surface area contributed by atoms with Gasteiger partial charge in [-0.15, -0.1) is 0 Å². The molecule has 0 aliphatic carbocycles. The molecule has 3 heteroatoms. The summed E-state index contributed by atoms with van der Waals surface area (Å²) in [5, 5.41) is 3.28. The van der Waals surface area contributed by atoms with Crippen LogP contribution in [0.25, 0.3) is 0 Å². The summed E-state index contributed by atoms with van der Waals surface area (Å²) in [6, 6.07) is 0. The summed E-state index contributed by atoms with van der Waals surface area (Å²) in [6.45, 7) is 9.21. The van der Waals surface area contributed by atoms with Gasteiger partial charge in [0.15, 0.2) is 0 Å². The van der Waals surface area contributed by atoms with Gasteiger partial charge < -0.3 is 5.32 Å². The number of aromatic nitrogens is 2. The number of rotatable bonds is 3. The summed E-state index contributed by atoms with van der Waals surface area (Å²) in [5.41, 5.74) is 1.92. The lowest BCUT2D eigenvalue weighted by Gasteiger charge is -2.10. The number of nitrogens with zero attached hydrogens (tertiary/aromatic N) is 2. The molecule has 0 atom stereocenters. The van der Waals surface area contributed by atoms with E-state index in [-0.39, 0.29) is 0 Å². The topological polar surface area (TPSA) is 37.8 Å². The van der Waals surface area contributed by atoms with Crippen LogP contribution in [0.3, 0.4) is 0 Å². The predicted molar refractivity (Wildman–Crippen MR) is 54.8 cm³/mol. The minimum absolute atomic E-state index is 0.627. The summed E-state index contributed by atoms with van der Waals surface area (Å²) in [6.07, 6.45) is 1.79. The molecule has 3 nitrogen and oxygen atoms in total. The number of hydrogen-bond donors (Lipinski definition) is 1. The van der Waals surface area contributed by atoms with Gasteiger partial charge in [0.25, 0.3) is 0 Å². The van der Waals surface area contributed by atoms with Crippen molar-refractivity contribution in [3.63, 3.8) is 0 Å². The Morgan fingerprint density at radius 3 is 2.69 bits per heavy atom. The smallest absolute Gasteiger partial charge is 0.147 e. The van der Waals surface area contributed by atoms with Crippen molar-refractivity contribution in [3.05, 3.63) is 17.6 Å². The van der Waals surface area contributed by atoms with E-state index in [1.165, 1.54) is 0 Å². The van der Waals surface area contributed by atoms with Gasteiger partial charge in [0.05, 0.1) is 11.4 Å². The molecule has 0 aliphatic rings. The quantitative estimate of drug-likeness (QED) is 0.772. The van der Waals surface area contributed by atoms with E-state index in [4.69, 9.17) is 0 Å². The van der Waals surface area contributed by atoms with E-state index in [1.807, 2.05) is 13.8 Å². The Kier molecular flexibility index (Phi) is 3.23. The maximum atomic E-state index is 4.37. The van der Waals surface area contributed by atoms with Crippen molar-refractivity contribution >= 4 is 5.82 Å². The lowest BCUT2D eigenvalue weighted by Crippen LogP contribution is -2.11. The van der Waals surface area contributed by atoms with Crippen molar-refractivity contribution in [3.8, 4) is 0 Å². The molecule has 1 heterocycles. The zero-order valence-corrected chi connectivity index (χ0v) is 8.76. The van der Waals surface area contributed by atoms with Crippen LogP contribution in [0.5, 0.6) is 0 Å². The maximum Gasteiger partial charge on any atom is 0.147 e. The van der Waals surface area contributed by atoms with Gasteiger partial charge in [-0.25, -0.2) is 4.98 Å². The van der Waals surface area contributed by atoms with Gasteiger partial charge in [0.1, 0.15) is 5.82 Å². The first-order valence-electron chi connectivity index (χ1n) is 4.63. The molecule has 0 bridgehead atoms. The van der Waals surface area contributed by atoms with E-state index < -0.39 is 0 Å². The number of anilines is 1. The van der Waals surface area contributed by atoms with E-state index in [9.17, 15) is 0 Å². The van der Waals surface area contributed by atoms with Crippen LogP contribution in [-0.4, -0.2) is 16.5 Å². The summed E-state index contributed by atoms with van der Waals surface area (Å²) in [5.74, 6) is 1.54. The Labute approximate surface area is 79.6 Å². The fraction of sp³-hybridized carbons (Fsp3) is 0.600. The van der Waals surface area contributed by atoms with Gasteiger partial charge in [-0.05, 0) is 19.8 Å². The summed E-state index contributed by atoms with van der Waals surface area (Å²) >= 11 is 0. The van der Waals surface area contributed by atoms with Crippen molar-refractivity contribution in [1.29, 1.82) is 0 Å². The Morgan fingerprint density at radius 1 is 1.38 bits per heavy atom. The predicted octanol–water partition coefficient (Wildman–Crippen LogP) is 2.16. The monoisotopic (exact) mass is 179 g/mol. The molecule has 72 valence electrons. The van der Waals surface area contributed by atoms with Crippen molar-refractivity contribution < 1.29 is 0 Å². The van der Waals surface area contributed by atoms with Crippen LogP contribution in [0.1, 0.15) is 25.2 Å². The van der Waals surface area contributed by atoms with Crippen LogP contribution in [0.4, 0.5) is 5.82 Å². The van der Waals surface area contributed by atoms with Crippen LogP contribution >= 0.6 is 0 Å². The number of aryl methyl sites for hydroxylation is 2. The van der Waals surface area contributed by atoms with Crippen LogP contribution in [-0.2, 0) is 0 Å². The van der Waals surface area contributed by atoms with Gasteiger partial charge in [0, 0.05) is 12.7 Å². The average Bonchev–Trinajstić information content (AvgIpc) is 2.06. The molecule has 13 heavy (non-hydrogen) atoms. The minimum atomic E-state index is 0.627. The lowest BCUT2D eigenvalue weighted by molar-refractivity contribution is 0.685. The van der Waals surface area contributed by atoms with Crippen LogP contribution in [0, 0.1) is 19.8 Å². The molecule has 0 unspecified atom stereocenters. The Bertz CT molecular complexity index is 281. The third-order valence-electron chi connectivity index (χ3n) is 1.75. The molecule has 0 aliphatic heterocycles. The fourth-order valence-electron chi connectivity index (χ4n) is 1.01. The molecule has 1 rings (SSSR count). The van der Waals surface area contributed by atoms with E-state index in [2.05, 4.69) is 29.1 Å². The first-order chi connectivity index (χ1) is 6.09. The van der Waals surface area contributed by atoms with Crippen molar-refractivity contribution in [2.75, 3.05) is 11.9 Å². The second-order valence-electron chi connectivity index (χ2n) is 3.72. The third-order valence-corrected chi connectivity index (χ3v) is 1.75. The van der Waals surface area contributed by atoms with Crippen LogP contribution < -0.4 is 5.32 Å². The van der Waals surface area contributed by atoms with Gasteiger partial charge in [-0.1, -0.05) is 13.8 Å². The minimum Gasteiger partial charge on any atom is -0.368 e. The molecule has 0 spiro atoms. The normalized spacial score (nSPS) is 10.5. The Hall–Kier alpha value is -1.12. The van der Waals surface area contributed by atoms with E-state index in [1.54, 1.807) is 6.20 Å². The highest BCUT2D eigenvalue weighted by Gasteiger charge is 2.01. The second-order valence-corrected chi connectivity index (χ2v) is 3.72. The number of nitrogens with one attached hydrogen (secondary N) is 1. The highest BCUT2D eigenvalue weighted by Crippen LogP contribution is 2.08. The molecule has 1 aromatic heterocycles. The molecular formula is C10H17N3. The zero-order chi connectivity index (χ0) is 9.84. The van der Waals surface area contributed by atoms with Crippen LogP contribution in [0.2, 0.25) is 0 Å². The van der Waals surface area contributed by atoms with Gasteiger partial charge >= 0.3 is 0 Å².